The van der Waals surface area contributed by atoms with E-state index in [9.17, 15) is 14.2 Å². The molecule has 0 saturated carbocycles. The molecule has 7 N–H and O–H groups in total. The quantitative estimate of drug-likeness (QED) is 0.230. The first-order valence-electron chi connectivity index (χ1n) is 4.37. The van der Waals surface area contributed by atoms with E-state index in [0.29, 0.717) is 0 Å². The Labute approximate surface area is 101 Å². The zero-order valence-corrected chi connectivity index (χ0v) is 10.6. The van der Waals surface area contributed by atoms with Crippen molar-refractivity contribution in [2.75, 3.05) is 13.2 Å². The van der Waals surface area contributed by atoms with Crippen molar-refractivity contribution in [3.8, 4) is 0 Å². The van der Waals surface area contributed by atoms with Crippen LogP contribution in [0, 0.1) is 0 Å². The maximum Gasteiger partial charge on any atom is 0.469 e. The average molecular weight is 312 g/mol. The molecule has 0 saturated heterocycles. The summed E-state index contributed by atoms with van der Waals surface area (Å²) in [6.07, 6.45) is -5.73. The summed E-state index contributed by atoms with van der Waals surface area (Å²) >= 11 is 0. The predicted molar refractivity (Wildman–Crippen MR) is 54.0 cm³/mol. The van der Waals surface area contributed by atoms with E-state index in [2.05, 4.69) is 9.05 Å². The van der Waals surface area contributed by atoms with Crippen LogP contribution >= 0.6 is 15.6 Å². The molecule has 3 atom stereocenters. The number of rotatable bonds is 8. The molecule has 0 amide bonds. The first-order chi connectivity index (χ1) is 7.92. The summed E-state index contributed by atoms with van der Waals surface area (Å²) in [7, 11) is -9.68. The summed E-state index contributed by atoms with van der Waals surface area (Å²) in [5.74, 6) is 0. The summed E-state index contributed by atoms with van der Waals surface area (Å²) in [6.45, 7) is -1.98. The molecule has 0 aromatic carbocycles. The minimum Gasteiger partial charge on any atom is -0.388 e. The third-order valence-corrected chi connectivity index (χ3v) is 2.59. The molecule has 0 heterocycles. The number of hydrogen-bond donors (Lipinski definition) is 7. The fourth-order valence-corrected chi connectivity index (χ4v) is 1.49. The molecule has 0 rings (SSSR count). The van der Waals surface area contributed by atoms with Gasteiger partial charge in [-0.3, -0.25) is 9.05 Å². The lowest BCUT2D eigenvalue weighted by atomic mass is 10.1. The molecule has 0 aliphatic carbocycles. The van der Waals surface area contributed by atoms with Gasteiger partial charge in [-0.1, -0.05) is 0 Å². The van der Waals surface area contributed by atoms with Crippen LogP contribution in [0.3, 0.4) is 0 Å². The third-order valence-electron chi connectivity index (χ3n) is 1.62. The molecule has 11 nitrogen and oxygen atoms in total. The van der Waals surface area contributed by atoms with Crippen molar-refractivity contribution in [2.24, 2.45) is 0 Å². The molecule has 18 heavy (non-hydrogen) atoms. The Morgan fingerprint density at radius 2 is 1.06 bits per heavy atom. The van der Waals surface area contributed by atoms with Crippen molar-refractivity contribution in [1.29, 1.82) is 0 Å². The van der Waals surface area contributed by atoms with E-state index in [0.717, 1.165) is 0 Å². The second-order valence-corrected chi connectivity index (χ2v) is 5.68. The van der Waals surface area contributed by atoms with Crippen molar-refractivity contribution in [3.05, 3.63) is 0 Å². The maximum absolute atomic E-state index is 10.3. The molecule has 0 aliphatic rings. The lowest BCUT2D eigenvalue weighted by Gasteiger charge is -2.22. The van der Waals surface area contributed by atoms with Crippen molar-refractivity contribution < 1.29 is 53.1 Å². The fourth-order valence-electron chi connectivity index (χ4n) is 0.801. The summed E-state index contributed by atoms with van der Waals surface area (Å²) < 4.78 is 28.3. The zero-order chi connectivity index (χ0) is 14.6. The molecular weight excluding hydrogens is 298 g/mol. The molecule has 0 aromatic rings. The topological polar surface area (TPSA) is 194 Å². The van der Waals surface area contributed by atoms with Crippen LogP contribution in [0.2, 0.25) is 0 Å². The first-order valence-corrected chi connectivity index (χ1v) is 7.43. The van der Waals surface area contributed by atoms with Crippen molar-refractivity contribution in [1.82, 2.24) is 0 Å². The van der Waals surface area contributed by atoms with E-state index in [1.54, 1.807) is 0 Å². The van der Waals surface area contributed by atoms with E-state index < -0.39 is 47.2 Å². The number of aliphatic hydroxyl groups excluding tert-OH is 3. The van der Waals surface area contributed by atoms with Gasteiger partial charge in [0.15, 0.2) is 0 Å². The normalized spacial score (nSPS) is 18.4. The van der Waals surface area contributed by atoms with Gasteiger partial charge in [0.05, 0.1) is 13.2 Å². The summed E-state index contributed by atoms with van der Waals surface area (Å²) in [5, 5.41) is 27.5. The monoisotopic (exact) mass is 312 g/mol. The van der Waals surface area contributed by atoms with Crippen LogP contribution in [-0.4, -0.2) is 66.4 Å². The Kier molecular flexibility index (Phi) is 7.07. The van der Waals surface area contributed by atoms with Gasteiger partial charge in [0.1, 0.15) is 18.3 Å². The van der Waals surface area contributed by atoms with Crippen LogP contribution < -0.4 is 0 Å². The van der Waals surface area contributed by atoms with Gasteiger partial charge >= 0.3 is 15.6 Å². The standard InChI is InChI=1S/C5H14O11P2/c6-3(1-15-17(9,10)11)5(8)4(7)2-16-18(12,13)14/h3-8H,1-2H2,(H2,9,10,11)(H2,12,13,14)/t3-,4?,5?/m1/s1. The average Bonchev–Trinajstić information content (AvgIpc) is 2.19. The highest BCUT2D eigenvalue weighted by molar-refractivity contribution is 7.46. The summed E-state index contributed by atoms with van der Waals surface area (Å²) in [6, 6.07) is 0. The Hall–Kier alpha value is 0.1000. The summed E-state index contributed by atoms with van der Waals surface area (Å²) in [5.41, 5.74) is 0. The molecular formula is C5H14O11P2. The highest BCUT2D eigenvalue weighted by Crippen LogP contribution is 2.37. The molecule has 0 spiro atoms. The first kappa shape index (κ1) is 18.1. The van der Waals surface area contributed by atoms with Crippen LogP contribution in [0.25, 0.3) is 0 Å². The van der Waals surface area contributed by atoms with Crippen LogP contribution in [0.4, 0.5) is 0 Å². The Bertz CT molecular complexity index is 300. The van der Waals surface area contributed by atoms with E-state index in [-0.39, 0.29) is 0 Å². The second kappa shape index (κ2) is 7.04. The maximum atomic E-state index is 10.3. The predicted octanol–water partition coefficient (Wildman–Crippen LogP) is -2.71. The fraction of sp³-hybridized carbons (Fsp3) is 1.00. The van der Waals surface area contributed by atoms with Crippen LogP contribution in [0.5, 0.6) is 0 Å². The molecule has 13 heteroatoms. The second-order valence-electron chi connectivity index (χ2n) is 3.20. The molecule has 0 aliphatic heterocycles. The van der Waals surface area contributed by atoms with Crippen LogP contribution in [-0.2, 0) is 18.2 Å². The smallest absolute Gasteiger partial charge is 0.388 e. The lowest BCUT2D eigenvalue weighted by Crippen LogP contribution is -2.42. The number of phosphoric acid groups is 2. The Morgan fingerprint density at radius 1 is 0.778 bits per heavy atom. The minimum absolute atomic E-state index is 0.988. The van der Waals surface area contributed by atoms with Gasteiger partial charge in [0, 0.05) is 0 Å². The highest BCUT2D eigenvalue weighted by atomic mass is 31.2. The number of phosphoric ester groups is 2. The molecule has 2 unspecified atom stereocenters. The highest BCUT2D eigenvalue weighted by Gasteiger charge is 2.29. The molecule has 0 bridgehead atoms. The minimum atomic E-state index is -4.84. The molecule has 0 aromatic heterocycles. The van der Waals surface area contributed by atoms with Crippen molar-refractivity contribution >= 4 is 15.6 Å². The SMILES string of the molecule is O=P(O)(O)OCC(O)C(O)[C@H](O)COP(=O)(O)O. The Morgan fingerprint density at radius 3 is 1.28 bits per heavy atom. The molecule has 0 radical (unpaired) electrons. The van der Waals surface area contributed by atoms with Gasteiger partial charge < -0.3 is 34.9 Å². The van der Waals surface area contributed by atoms with Gasteiger partial charge in [-0.15, -0.1) is 0 Å². The van der Waals surface area contributed by atoms with Gasteiger partial charge in [0.2, 0.25) is 0 Å². The molecule has 0 fully saturated rings. The zero-order valence-electron chi connectivity index (χ0n) is 8.80. The largest absolute Gasteiger partial charge is 0.469 e. The lowest BCUT2D eigenvalue weighted by molar-refractivity contribution is -0.0881. The van der Waals surface area contributed by atoms with Gasteiger partial charge in [-0.2, -0.15) is 0 Å². The van der Waals surface area contributed by atoms with E-state index in [1.807, 2.05) is 0 Å². The third kappa shape index (κ3) is 9.09. The van der Waals surface area contributed by atoms with Crippen molar-refractivity contribution in [3.63, 3.8) is 0 Å². The van der Waals surface area contributed by atoms with Crippen LogP contribution in [0.15, 0.2) is 0 Å². The number of hydrogen-bond acceptors (Lipinski definition) is 7. The van der Waals surface area contributed by atoms with Crippen molar-refractivity contribution in [2.45, 2.75) is 18.3 Å². The van der Waals surface area contributed by atoms with Gasteiger partial charge in [-0.25, -0.2) is 9.13 Å². The van der Waals surface area contributed by atoms with E-state index in [1.165, 1.54) is 0 Å². The van der Waals surface area contributed by atoms with Gasteiger partial charge in [-0.05, 0) is 0 Å². The van der Waals surface area contributed by atoms with E-state index >= 15 is 0 Å². The van der Waals surface area contributed by atoms with E-state index in [4.69, 9.17) is 29.8 Å². The van der Waals surface area contributed by atoms with Crippen LogP contribution in [0.1, 0.15) is 0 Å². The summed E-state index contributed by atoms with van der Waals surface area (Å²) in [4.78, 5) is 33.2. The molecule has 110 valence electrons. The number of aliphatic hydroxyl groups is 3. The Balaban J connectivity index is 4.16. The van der Waals surface area contributed by atoms with Gasteiger partial charge in [0.25, 0.3) is 0 Å².